The second-order valence-electron chi connectivity index (χ2n) is 5.60. The Labute approximate surface area is 136 Å². The van der Waals surface area contributed by atoms with Gasteiger partial charge in [-0.3, -0.25) is 4.79 Å². The Morgan fingerprint density at radius 1 is 0.957 bits per heavy atom. The van der Waals surface area contributed by atoms with Gasteiger partial charge < -0.3 is 14.4 Å². The standard InChI is InChI=1S/C19H21NO3/c21-19(20-12-6-3-7-13-20)9-5-2-1-4-8-16-10-11-17-18(14-16)23-15-22-17/h1-2,4-5,8-11,14H,3,6-7,12-13,15H2/b2-1+,8-4+,9-5+. The number of hydrogen-bond acceptors (Lipinski definition) is 3. The van der Waals surface area contributed by atoms with Crippen LogP contribution in [0.1, 0.15) is 24.8 Å². The number of ether oxygens (including phenoxy) is 2. The summed E-state index contributed by atoms with van der Waals surface area (Å²) in [6, 6.07) is 5.83. The van der Waals surface area contributed by atoms with E-state index >= 15 is 0 Å². The first-order chi connectivity index (χ1) is 11.3. The molecule has 3 rings (SSSR count). The number of likely N-dealkylation sites (tertiary alicyclic amines) is 1. The third-order valence-corrected chi connectivity index (χ3v) is 3.93. The molecule has 1 amide bonds. The molecule has 0 N–H and O–H groups in total. The highest BCUT2D eigenvalue weighted by atomic mass is 16.7. The van der Waals surface area contributed by atoms with Crippen molar-refractivity contribution in [1.82, 2.24) is 4.90 Å². The van der Waals surface area contributed by atoms with Gasteiger partial charge in [0.2, 0.25) is 12.7 Å². The first-order valence-electron chi connectivity index (χ1n) is 8.03. The molecule has 0 unspecified atom stereocenters. The average Bonchev–Trinajstić information content (AvgIpc) is 3.06. The number of carbonyl (C=O) groups is 1. The molecule has 0 spiro atoms. The summed E-state index contributed by atoms with van der Waals surface area (Å²) >= 11 is 0. The van der Waals surface area contributed by atoms with Crippen LogP contribution in [0.15, 0.2) is 48.6 Å². The largest absolute Gasteiger partial charge is 0.454 e. The van der Waals surface area contributed by atoms with Crippen molar-refractivity contribution < 1.29 is 14.3 Å². The van der Waals surface area contributed by atoms with Gasteiger partial charge in [0.1, 0.15) is 0 Å². The summed E-state index contributed by atoms with van der Waals surface area (Å²) in [4.78, 5) is 13.8. The normalized spacial score (nSPS) is 17.7. The molecule has 2 aliphatic rings. The molecule has 4 heteroatoms. The van der Waals surface area contributed by atoms with E-state index in [1.165, 1.54) is 6.42 Å². The molecule has 1 fully saturated rings. The van der Waals surface area contributed by atoms with Gasteiger partial charge in [0.15, 0.2) is 11.5 Å². The van der Waals surface area contributed by atoms with Crippen LogP contribution in [0.25, 0.3) is 6.08 Å². The molecule has 0 radical (unpaired) electrons. The highest BCUT2D eigenvalue weighted by Crippen LogP contribution is 2.32. The van der Waals surface area contributed by atoms with Gasteiger partial charge in [-0.2, -0.15) is 0 Å². The van der Waals surface area contributed by atoms with E-state index in [0.29, 0.717) is 0 Å². The van der Waals surface area contributed by atoms with Crippen molar-refractivity contribution in [3.05, 3.63) is 54.1 Å². The summed E-state index contributed by atoms with van der Waals surface area (Å²) in [5.74, 6) is 1.68. The number of allylic oxidation sites excluding steroid dienone is 4. The van der Waals surface area contributed by atoms with E-state index in [0.717, 1.165) is 43.0 Å². The van der Waals surface area contributed by atoms with Crippen LogP contribution in [-0.2, 0) is 4.79 Å². The number of fused-ring (bicyclic) bond motifs is 1. The highest BCUT2D eigenvalue weighted by molar-refractivity contribution is 5.87. The summed E-state index contributed by atoms with van der Waals surface area (Å²) in [5, 5.41) is 0. The van der Waals surface area contributed by atoms with Crippen LogP contribution in [0.3, 0.4) is 0 Å². The van der Waals surface area contributed by atoms with Gasteiger partial charge in [-0.1, -0.05) is 36.4 Å². The lowest BCUT2D eigenvalue weighted by Gasteiger charge is -2.25. The summed E-state index contributed by atoms with van der Waals surface area (Å²) < 4.78 is 10.6. The number of piperidine rings is 1. The van der Waals surface area contributed by atoms with Crippen molar-refractivity contribution in [2.45, 2.75) is 19.3 Å². The van der Waals surface area contributed by atoms with Gasteiger partial charge in [-0.25, -0.2) is 0 Å². The molecule has 4 nitrogen and oxygen atoms in total. The number of hydrogen-bond donors (Lipinski definition) is 0. The van der Waals surface area contributed by atoms with Crippen LogP contribution in [-0.4, -0.2) is 30.7 Å². The van der Waals surface area contributed by atoms with Gasteiger partial charge >= 0.3 is 0 Å². The molecular formula is C19H21NO3. The predicted octanol–water partition coefficient (Wildman–Crippen LogP) is 3.55. The Morgan fingerprint density at radius 3 is 2.61 bits per heavy atom. The van der Waals surface area contributed by atoms with Gasteiger partial charge in [0.25, 0.3) is 0 Å². The Hall–Kier alpha value is -2.49. The topological polar surface area (TPSA) is 38.8 Å². The number of amides is 1. The Balaban J connectivity index is 1.48. The highest BCUT2D eigenvalue weighted by Gasteiger charge is 2.13. The quantitative estimate of drug-likeness (QED) is 0.630. The molecule has 23 heavy (non-hydrogen) atoms. The SMILES string of the molecule is O=C(/C=C/C=C/C=C/c1ccc2c(c1)OCO2)N1CCCCC1. The third kappa shape index (κ3) is 4.25. The van der Waals surface area contributed by atoms with Crippen LogP contribution in [0.5, 0.6) is 11.5 Å². The predicted molar refractivity (Wildman–Crippen MR) is 90.3 cm³/mol. The third-order valence-electron chi connectivity index (χ3n) is 3.93. The average molecular weight is 311 g/mol. The Bertz CT molecular complexity index is 640. The number of nitrogens with zero attached hydrogens (tertiary/aromatic N) is 1. The molecule has 1 aromatic rings. The van der Waals surface area contributed by atoms with Crippen LogP contribution >= 0.6 is 0 Å². The lowest BCUT2D eigenvalue weighted by Crippen LogP contribution is -2.34. The fourth-order valence-electron chi connectivity index (χ4n) is 2.67. The minimum absolute atomic E-state index is 0.106. The number of benzene rings is 1. The number of rotatable bonds is 4. The van der Waals surface area contributed by atoms with Gasteiger partial charge in [-0.15, -0.1) is 0 Å². The molecule has 120 valence electrons. The Kier molecular flexibility index (Phi) is 5.14. The van der Waals surface area contributed by atoms with Crippen molar-refractivity contribution in [3.63, 3.8) is 0 Å². The maximum absolute atomic E-state index is 11.9. The summed E-state index contributed by atoms with van der Waals surface area (Å²) in [6.45, 7) is 2.06. The molecular weight excluding hydrogens is 290 g/mol. The maximum atomic E-state index is 11.9. The second-order valence-corrected chi connectivity index (χ2v) is 5.60. The van der Waals surface area contributed by atoms with Crippen molar-refractivity contribution >= 4 is 12.0 Å². The van der Waals surface area contributed by atoms with Gasteiger partial charge in [0.05, 0.1) is 0 Å². The van der Waals surface area contributed by atoms with Gasteiger partial charge in [-0.05, 0) is 37.0 Å². The lowest BCUT2D eigenvalue weighted by atomic mass is 10.1. The van der Waals surface area contributed by atoms with E-state index in [-0.39, 0.29) is 12.7 Å². The lowest BCUT2D eigenvalue weighted by molar-refractivity contribution is -0.126. The molecule has 0 atom stereocenters. The molecule has 0 bridgehead atoms. The van der Waals surface area contributed by atoms with Crippen LogP contribution in [0.2, 0.25) is 0 Å². The summed E-state index contributed by atoms with van der Waals surface area (Å²) in [6.07, 6.45) is 14.6. The van der Waals surface area contributed by atoms with Crippen LogP contribution < -0.4 is 9.47 Å². The summed E-state index contributed by atoms with van der Waals surface area (Å²) in [5.41, 5.74) is 1.05. The monoisotopic (exact) mass is 311 g/mol. The minimum atomic E-state index is 0.106. The first-order valence-corrected chi connectivity index (χ1v) is 8.03. The van der Waals surface area contributed by atoms with E-state index in [1.807, 2.05) is 47.4 Å². The zero-order chi connectivity index (χ0) is 15.9. The van der Waals surface area contributed by atoms with Crippen molar-refractivity contribution in [1.29, 1.82) is 0 Å². The second kappa shape index (κ2) is 7.68. The smallest absolute Gasteiger partial charge is 0.246 e. The number of carbonyl (C=O) groups excluding carboxylic acids is 1. The molecule has 0 aromatic heterocycles. The summed E-state index contributed by atoms with van der Waals surface area (Å²) in [7, 11) is 0. The minimum Gasteiger partial charge on any atom is -0.454 e. The fourth-order valence-corrected chi connectivity index (χ4v) is 2.67. The van der Waals surface area contributed by atoms with Crippen molar-refractivity contribution in [3.8, 4) is 11.5 Å². The molecule has 2 heterocycles. The first kappa shape index (κ1) is 15.4. The van der Waals surface area contributed by atoms with E-state index in [2.05, 4.69) is 0 Å². The zero-order valence-corrected chi connectivity index (χ0v) is 13.1. The van der Waals surface area contributed by atoms with E-state index in [9.17, 15) is 4.79 Å². The molecule has 2 aliphatic heterocycles. The van der Waals surface area contributed by atoms with E-state index in [1.54, 1.807) is 12.2 Å². The molecule has 0 aliphatic carbocycles. The van der Waals surface area contributed by atoms with Crippen LogP contribution in [0, 0.1) is 0 Å². The Morgan fingerprint density at radius 2 is 1.74 bits per heavy atom. The van der Waals surface area contributed by atoms with Crippen molar-refractivity contribution in [2.75, 3.05) is 19.9 Å². The van der Waals surface area contributed by atoms with Gasteiger partial charge in [0, 0.05) is 19.2 Å². The van der Waals surface area contributed by atoms with Crippen LogP contribution in [0.4, 0.5) is 0 Å². The zero-order valence-electron chi connectivity index (χ0n) is 13.1. The maximum Gasteiger partial charge on any atom is 0.246 e. The molecule has 1 saturated heterocycles. The molecule has 0 saturated carbocycles. The molecule has 1 aromatic carbocycles. The van der Waals surface area contributed by atoms with E-state index in [4.69, 9.17) is 9.47 Å². The van der Waals surface area contributed by atoms with E-state index < -0.39 is 0 Å². The van der Waals surface area contributed by atoms with Crippen molar-refractivity contribution in [2.24, 2.45) is 0 Å². The fraction of sp³-hybridized carbons (Fsp3) is 0.316.